The van der Waals surface area contributed by atoms with Crippen molar-refractivity contribution in [1.29, 1.82) is 0 Å². The van der Waals surface area contributed by atoms with E-state index in [9.17, 15) is 4.79 Å². The number of fused-ring (bicyclic) bond motifs is 2. The number of hydrogen-bond acceptors (Lipinski definition) is 3. The molecule has 3 heteroatoms. The molecular formula is C31H29NO2. The maximum atomic E-state index is 12.2. The minimum atomic E-state index is -0.261. The maximum Gasteiger partial charge on any atom is 0.331 e. The van der Waals surface area contributed by atoms with Gasteiger partial charge < -0.3 is 9.64 Å². The number of benzene rings is 4. The Balaban J connectivity index is 1.64. The van der Waals surface area contributed by atoms with Crippen molar-refractivity contribution in [2.45, 2.75) is 26.3 Å². The van der Waals surface area contributed by atoms with E-state index in [-0.39, 0.29) is 5.97 Å². The molecule has 0 aromatic heterocycles. The largest absolute Gasteiger partial charge is 0.463 e. The van der Waals surface area contributed by atoms with E-state index in [2.05, 4.69) is 96.9 Å². The molecule has 0 amide bonds. The van der Waals surface area contributed by atoms with Crippen LogP contribution in [0.3, 0.4) is 0 Å². The molecule has 0 saturated heterocycles. The number of esters is 1. The van der Waals surface area contributed by atoms with Gasteiger partial charge in [0.2, 0.25) is 0 Å². The zero-order valence-corrected chi connectivity index (χ0v) is 19.8. The summed E-state index contributed by atoms with van der Waals surface area (Å²) < 4.78 is 5.19. The van der Waals surface area contributed by atoms with Gasteiger partial charge >= 0.3 is 5.97 Å². The summed E-state index contributed by atoms with van der Waals surface area (Å²) in [5.74, 6) is -0.261. The van der Waals surface area contributed by atoms with Gasteiger partial charge in [0.15, 0.2) is 0 Å². The number of allylic oxidation sites excluding steroid dienone is 1. The number of anilines is 1. The molecule has 0 radical (unpaired) electrons. The fraction of sp³-hybridized carbons (Fsp3) is 0.194. The Morgan fingerprint density at radius 2 is 1.68 bits per heavy atom. The molecule has 0 fully saturated rings. The van der Waals surface area contributed by atoms with E-state index in [4.69, 9.17) is 4.74 Å². The molecule has 3 nitrogen and oxygen atoms in total. The average Bonchev–Trinajstić information content (AvgIpc) is 3.26. The normalized spacial score (nSPS) is 13.8. The highest BCUT2D eigenvalue weighted by atomic mass is 16.5. The highest BCUT2D eigenvalue weighted by Crippen LogP contribution is 2.44. The SMILES string of the molecule is CCOC(=O)C=C1CCc2c1ccc(N(C)Cc1ccccc1)c2-c1ccc2ccccc2c1. The Bertz CT molecular complexity index is 1370. The molecule has 5 rings (SSSR count). The van der Waals surface area contributed by atoms with E-state index in [0.29, 0.717) is 6.61 Å². The Hall–Kier alpha value is -3.85. The van der Waals surface area contributed by atoms with Gasteiger partial charge in [-0.2, -0.15) is 0 Å². The Morgan fingerprint density at radius 1 is 0.912 bits per heavy atom. The van der Waals surface area contributed by atoms with Gasteiger partial charge in [-0.15, -0.1) is 0 Å². The first-order valence-electron chi connectivity index (χ1n) is 11.9. The average molecular weight is 448 g/mol. The van der Waals surface area contributed by atoms with Crippen LogP contribution >= 0.6 is 0 Å². The van der Waals surface area contributed by atoms with Crippen LogP contribution in [0.1, 0.15) is 30.0 Å². The first-order valence-corrected chi connectivity index (χ1v) is 11.9. The summed E-state index contributed by atoms with van der Waals surface area (Å²) in [6.45, 7) is 3.05. The van der Waals surface area contributed by atoms with Gasteiger partial charge in [-0.1, -0.05) is 72.8 Å². The van der Waals surface area contributed by atoms with E-state index in [1.54, 1.807) is 6.08 Å². The summed E-state index contributed by atoms with van der Waals surface area (Å²) in [5, 5.41) is 2.47. The van der Waals surface area contributed by atoms with Crippen molar-refractivity contribution in [2.75, 3.05) is 18.6 Å². The minimum absolute atomic E-state index is 0.261. The summed E-state index contributed by atoms with van der Waals surface area (Å²) in [5.41, 5.74) is 8.48. The first-order chi connectivity index (χ1) is 16.6. The zero-order valence-electron chi connectivity index (χ0n) is 19.8. The van der Waals surface area contributed by atoms with Crippen molar-refractivity contribution in [3.63, 3.8) is 0 Å². The van der Waals surface area contributed by atoms with Crippen LogP contribution in [0.15, 0.2) is 91.0 Å². The van der Waals surface area contributed by atoms with Crippen molar-refractivity contribution in [1.82, 2.24) is 0 Å². The summed E-state index contributed by atoms with van der Waals surface area (Å²) >= 11 is 0. The third-order valence-corrected chi connectivity index (χ3v) is 6.57. The van der Waals surface area contributed by atoms with Gasteiger partial charge in [-0.3, -0.25) is 0 Å². The van der Waals surface area contributed by atoms with Crippen LogP contribution in [0.4, 0.5) is 5.69 Å². The fourth-order valence-corrected chi connectivity index (χ4v) is 4.99. The molecule has 4 aromatic rings. The van der Waals surface area contributed by atoms with Crippen LogP contribution < -0.4 is 4.90 Å². The van der Waals surface area contributed by atoms with Crippen LogP contribution in [-0.4, -0.2) is 19.6 Å². The van der Waals surface area contributed by atoms with Crippen LogP contribution in [-0.2, 0) is 22.5 Å². The zero-order chi connectivity index (χ0) is 23.5. The van der Waals surface area contributed by atoms with Crippen LogP contribution in [0.25, 0.3) is 27.5 Å². The lowest BCUT2D eigenvalue weighted by atomic mass is 9.92. The number of nitrogens with zero attached hydrogens (tertiary/aromatic N) is 1. The minimum Gasteiger partial charge on any atom is -0.463 e. The molecule has 0 atom stereocenters. The Morgan fingerprint density at radius 3 is 2.47 bits per heavy atom. The number of rotatable bonds is 6. The molecular weight excluding hydrogens is 418 g/mol. The predicted octanol–water partition coefficient (Wildman–Crippen LogP) is 7.04. The lowest BCUT2D eigenvalue weighted by Gasteiger charge is -2.25. The summed E-state index contributed by atoms with van der Waals surface area (Å²) in [4.78, 5) is 14.5. The summed E-state index contributed by atoms with van der Waals surface area (Å²) in [6.07, 6.45) is 3.43. The first kappa shape index (κ1) is 22.0. The molecule has 4 aromatic carbocycles. The Labute approximate surface area is 201 Å². The fourth-order valence-electron chi connectivity index (χ4n) is 4.99. The summed E-state index contributed by atoms with van der Waals surface area (Å²) in [7, 11) is 2.16. The van der Waals surface area contributed by atoms with Gasteiger partial charge in [-0.05, 0) is 70.5 Å². The van der Waals surface area contributed by atoms with Crippen molar-refractivity contribution >= 4 is 28.0 Å². The topological polar surface area (TPSA) is 29.5 Å². The maximum absolute atomic E-state index is 12.2. The van der Waals surface area contributed by atoms with Gasteiger partial charge in [0, 0.05) is 30.9 Å². The molecule has 0 N–H and O–H groups in total. The highest BCUT2D eigenvalue weighted by Gasteiger charge is 2.25. The van der Waals surface area contributed by atoms with Gasteiger partial charge in [-0.25, -0.2) is 4.79 Å². The second-order valence-electron chi connectivity index (χ2n) is 8.81. The molecule has 0 heterocycles. The number of carbonyl (C=O) groups excluding carboxylic acids is 1. The van der Waals surface area contributed by atoms with Gasteiger partial charge in [0.1, 0.15) is 0 Å². The molecule has 0 bridgehead atoms. The summed E-state index contributed by atoms with van der Waals surface area (Å²) in [6, 6.07) is 30.1. The van der Waals surface area contributed by atoms with Crippen LogP contribution in [0.5, 0.6) is 0 Å². The van der Waals surface area contributed by atoms with E-state index in [0.717, 1.165) is 30.5 Å². The second kappa shape index (κ2) is 9.56. The molecule has 34 heavy (non-hydrogen) atoms. The van der Waals surface area contributed by atoms with Gasteiger partial charge in [0.05, 0.1) is 6.61 Å². The molecule has 0 saturated carbocycles. The third kappa shape index (κ3) is 4.34. The number of hydrogen-bond donors (Lipinski definition) is 0. The number of ether oxygens (including phenoxy) is 1. The lowest BCUT2D eigenvalue weighted by molar-refractivity contribution is -0.137. The monoisotopic (exact) mass is 447 g/mol. The standard InChI is InChI=1S/C31H29NO2/c1-3-34-30(33)20-25-15-16-28-27(25)17-18-29(32(2)21-22-9-5-4-6-10-22)31(28)26-14-13-23-11-7-8-12-24(23)19-26/h4-14,17-20H,3,15-16,21H2,1-2H3. The van der Waals surface area contributed by atoms with E-state index >= 15 is 0 Å². The highest BCUT2D eigenvalue weighted by molar-refractivity contribution is 5.97. The van der Waals surface area contributed by atoms with E-state index in [1.807, 2.05) is 6.92 Å². The van der Waals surface area contributed by atoms with Crippen LogP contribution in [0, 0.1) is 0 Å². The quantitative estimate of drug-likeness (QED) is 0.235. The third-order valence-electron chi connectivity index (χ3n) is 6.57. The molecule has 170 valence electrons. The van der Waals surface area contributed by atoms with Crippen LogP contribution in [0.2, 0.25) is 0 Å². The molecule has 0 unspecified atom stereocenters. The number of carbonyl (C=O) groups is 1. The molecule has 0 aliphatic heterocycles. The van der Waals surface area contributed by atoms with Gasteiger partial charge in [0.25, 0.3) is 0 Å². The van der Waals surface area contributed by atoms with Crippen molar-refractivity contribution in [2.24, 2.45) is 0 Å². The predicted molar refractivity (Wildman–Crippen MR) is 141 cm³/mol. The second-order valence-corrected chi connectivity index (χ2v) is 8.81. The molecule has 1 aliphatic rings. The van der Waals surface area contributed by atoms with Crippen molar-refractivity contribution < 1.29 is 9.53 Å². The van der Waals surface area contributed by atoms with E-state index in [1.165, 1.54) is 38.7 Å². The van der Waals surface area contributed by atoms with Crippen molar-refractivity contribution in [3.8, 4) is 11.1 Å². The molecule has 1 aliphatic carbocycles. The smallest absolute Gasteiger partial charge is 0.331 e. The molecule has 0 spiro atoms. The van der Waals surface area contributed by atoms with E-state index < -0.39 is 0 Å². The van der Waals surface area contributed by atoms with Crippen molar-refractivity contribution in [3.05, 3.63) is 108 Å². The lowest BCUT2D eigenvalue weighted by Crippen LogP contribution is -2.18. The Kier molecular flexibility index (Phi) is 6.18.